The molecule has 2 heterocycles. The minimum atomic E-state index is 0.271. The second-order valence-electron chi connectivity index (χ2n) is 6.40. The van der Waals surface area contributed by atoms with Crippen molar-refractivity contribution in [1.29, 1.82) is 0 Å². The average Bonchev–Trinajstić information content (AvgIpc) is 3.00. The zero-order valence-electron chi connectivity index (χ0n) is 13.3. The summed E-state index contributed by atoms with van der Waals surface area (Å²) in [5, 5.41) is 4.70. The molecule has 1 saturated heterocycles. The van der Waals surface area contributed by atoms with Crippen LogP contribution in [0.3, 0.4) is 0 Å². The van der Waals surface area contributed by atoms with Crippen LogP contribution in [0.15, 0.2) is 71.3 Å². The lowest BCUT2D eigenvalue weighted by Gasteiger charge is -2.32. The molecule has 0 amide bonds. The Kier molecular flexibility index (Phi) is 3.72. The van der Waals surface area contributed by atoms with E-state index in [9.17, 15) is 0 Å². The lowest BCUT2D eigenvalue weighted by atomic mass is 9.84. The van der Waals surface area contributed by atoms with E-state index in [1.165, 1.54) is 22.4 Å². The van der Waals surface area contributed by atoms with Gasteiger partial charge in [0.25, 0.3) is 0 Å². The number of nitrogens with zero attached hydrogens (tertiary/aromatic N) is 2. The second-order valence-corrected chi connectivity index (χ2v) is 6.40. The largest absolute Gasteiger partial charge is 0.302 e. The molecule has 4 rings (SSSR count). The van der Waals surface area contributed by atoms with Crippen LogP contribution < -0.4 is 5.43 Å². The highest BCUT2D eigenvalue weighted by molar-refractivity contribution is 6.07. The van der Waals surface area contributed by atoms with Crippen molar-refractivity contribution >= 4 is 11.8 Å². The first kappa shape index (κ1) is 14.2. The summed E-state index contributed by atoms with van der Waals surface area (Å²) in [4.78, 5) is 2.39. The first-order chi connectivity index (χ1) is 11.3. The van der Waals surface area contributed by atoms with Crippen LogP contribution in [-0.2, 0) is 0 Å². The smallest absolute Gasteiger partial charge is 0.0786 e. The topological polar surface area (TPSA) is 27.6 Å². The van der Waals surface area contributed by atoms with E-state index in [1.807, 2.05) is 0 Å². The van der Waals surface area contributed by atoms with E-state index in [1.54, 1.807) is 0 Å². The van der Waals surface area contributed by atoms with Gasteiger partial charge in [-0.2, -0.15) is 5.10 Å². The summed E-state index contributed by atoms with van der Waals surface area (Å²) in [6.45, 7) is 1.99. The molecule has 2 aromatic carbocycles. The number of hydrogen-bond acceptors (Lipinski definition) is 3. The maximum absolute atomic E-state index is 4.70. The summed E-state index contributed by atoms with van der Waals surface area (Å²) < 4.78 is 0. The van der Waals surface area contributed by atoms with Gasteiger partial charge >= 0.3 is 0 Å². The van der Waals surface area contributed by atoms with Crippen LogP contribution in [0, 0.1) is 5.92 Å². The third-order valence-electron chi connectivity index (χ3n) is 4.65. The number of nitrogens with one attached hydrogen (secondary N) is 1. The predicted octanol–water partition coefficient (Wildman–Crippen LogP) is 3.33. The maximum atomic E-state index is 4.70. The number of likely N-dealkylation sites (N-methyl/N-ethyl adjacent to an activating group) is 1. The summed E-state index contributed by atoms with van der Waals surface area (Å²) in [7, 11) is 2.19. The summed E-state index contributed by atoms with van der Waals surface area (Å²) >= 11 is 0. The molecule has 0 saturated carbocycles. The highest BCUT2D eigenvalue weighted by Crippen LogP contribution is 2.34. The molecule has 1 fully saturated rings. The number of hydrogen-bond donors (Lipinski definition) is 1. The SMILES string of the molecule is CN1CC(=Cc2ccccc2)C2=NNC(c3ccccc3)C2C1. The minimum absolute atomic E-state index is 0.271. The molecule has 2 atom stereocenters. The van der Waals surface area contributed by atoms with Crippen molar-refractivity contribution in [3.63, 3.8) is 0 Å². The van der Waals surface area contributed by atoms with E-state index in [0.29, 0.717) is 5.92 Å². The van der Waals surface area contributed by atoms with E-state index < -0.39 is 0 Å². The molecule has 0 aromatic heterocycles. The summed E-state index contributed by atoms with van der Waals surface area (Å²) in [5.41, 5.74) is 8.46. The lowest BCUT2D eigenvalue weighted by Crippen LogP contribution is -2.41. The number of rotatable bonds is 2. The summed E-state index contributed by atoms with van der Waals surface area (Å²) in [6.07, 6.45) is 2.27. The van der Waals surface area contributed by atoms with Crippen LogP contribution >= 0.6 is 0 Å². The number of fused-ring (bicyclic) bond motifs is 1. The fourth-order valence-electron chi connectivity index (χ4n) is 3.58. The van der Waals surface area contributed by atoms with Crippen molar-refractivity contribution in [3.8, 4) is 0 Å². The average molecular weight is 303 g/mol. The highest BCUT2D eigenvalue weighted by atomic mass is 15.4. The maximum Gasteiger partial charge on any atom is 0.0786 e. The van der Waals surface area contributed by atoms with Gasteiger partial charge in [-0.15, -0.1) is 0 Å². The van der Waals surface area contributed by atoms with Crippen molar-refractivity contribution in [1.82, 2.24) is 10.3 Å². The fraction of sp³-hybridized carbons (Fsp3) is 0.250. The van der Waals surface area contributed by atoms with Crippen molar-refractivity contribution in [2.75, 3.05) is 20.1 Å². The van der Waals surface area contributed by atoms with Gasteiger partial charge in [-0.3, -0.25) is 0 Å². The molecule has 2 unspecified atom stereocenters. The number of piperidine rings is 1. The molecule has 3 heteroatoms. The van der Waals surface area contributed by atoms with Gasteiger partial charge in [-0.1, -0.05) is 60.7 Å². The van der Waals surface area contributed by atoms with E-state index in [4.69, 9.17) is 5.10 Å². The van der Waals surface area contributed by atoms with Crippen LogP contribution in [-0.4, -0.2) is 30.7 Å². The molecule has 0 spiro atoms. The minimum Gasteiger partial charge on any atom is -0.302 e. The molecule has 0 radical (unpaired) electrons. The van der Waals surface area contributed by atoms with Crippen LogP contribution in [0.5, 0.6) is 0 Å². The van der Waals surface area contributed by atoms with Gasteiger partial charge in [-0.25, -0.2) is 0 Å². The van der Waals surface area contributed by atoms with Crippen LogP contribution in [0.25, 0.3) is 6.08 Å². The Morgan fingerprint density at radius 1 is 1.04 bits per heavy atom. The lowest BCUT2D eigenvalue weighted by molar-refractivity contribution is 0.295. The Hall–Kier alpha value is -2.39. The van der Waals surface area contributed by atoms with Gasteiger partial charge in [0.1, 0.15) is 0 Å². The molecule has 0 aliphatic carbocycles. The molecular formula is C20H21N3. The Balaban J connectivity index is 1.66. The second kappa shape index (κ2) is 6.01. The molecule has 23 heavy (non-hydrogen) atoms. The van der Waals surface area contributed by atoms with Crippen molar-refractivity contribution in [3.05, 3.63) is 77.4 Å². The Labute approximate surface area is 137 Å². The normalized spacial score (nSPS) is 25.8. The third kappa shape index (κ3) is 2.80. The molecular weight excluding hydrogens is 282 g/mol. The summed E-state index contributed by atoms with van der Waals surface area (Å²) in [6, 6.07) is 21.4. The number of likely N-dealkylation sites (tertiary alicyclic amines) is 1. The molecule has 1 N–H and O–H groups in total. The van der Waals surface area contributed by atoms with E-state index >= 15 is 0 Å². The molecule has 116 valence electrons. The number of benzene rings is 2. The van der Waals surface area contributed by atoms with E-state index in [2.05, 4.69) is 84.1 Å². The van der Waals surface area contributed by atoms with Crippen molar-refractivity contribution in [2.45, 2.75) is 6.04 Å². The first-order valence-electron chi connectivity index (χ1n) is 8.14. The molecule has 2 aliphatic heterocycles. The summed E-state index contributed by atoms with van der Waals surface area (Å²) in [5.74, 6) is 0.408. The quantitative estimate of drug-likeness (QED) is 0.921. The van der Waals surface area contributed by atoms with Gasteiger partial charge in [0, 0.05) is 19.0 Å². The zero-order valence-corrected chi connectivity index (χ0v) is 13.3. The Bertz CT molecular complexity index is 734. The van der Waals surface area contributed by atoms with Crippen molar-refractivity contribution < 1.29 is 0 Å². The third-order valence-corrected chi connectivity index (χ3v) is 4.65. The zero-order chi connectivity index (χ0) is 15.6. The molecule has 2 aliphatic rings. The van der Waals surface area contributed by atoms with Gasteiger partial charge in [0.2, 0.25) is 0 Å². The molecule has 2 aromatic rings. The first-order valence-corrected chi connectivity index (χ1v) is 8.14. The van der Waals surface area contributed by atoms with E-state index in [0.717, 1.165) is 13.1 Å². The van der Waals surface area contributed by atoms with Crippen LogP contribution in [0.4, 0.5) is 0 Å². The Morgan fingerprint density at radius 3 is 2.48 bits per heavy atom. The predicted molar refractivity (Wildman–Crippen MR) is 95.2 cm³/mol. The Morgan fingerprint density at radius 2 is 1.74 bits per heavy atom. The van der Waals surface area contributed by atoms with E-state index in [-0.39, 0.29) is 6.04 Å². The van der Waals surface area contributed by atoms with Crippen molar-refractivity contribution in [2.24, 2.45) is 11.0 Å². The van der Waals surface area contributed by atoms with Gasteiger partial charge in [-0.05, 0) is 29.8 Å². The highest BCUT2D eigenvalue weighted by Gasteiger charge is 2.38. The van der Waals surface area contributed by atoms with Gasteiger partial charge < -0.3 is 10.3 Å². The van der Waals surface area contributed by atoms with Gasteiger partial charge in [0.05, 0.1) is 11.8 Å². The molecule has 3 nitrogen and oxygen atoms in total. The fourth-order valence-corrected chi connectivity index (χ4v) is 3.58. The molecule has 0 bridgehead atoms. The van der Waals surface area contributed by atoms with Crippen LogP contribution in [0.1, 0.15) is 17.2 Å². The van der Waals surface area contributed by atoms with Gasteiger partial charge in [0.15, 0.2) is 0 Å². The van der Waals surface area contributed by atoms with Crippen LogP contribution in [0.2, 0.25) is 0 Å². The monoisotopic (exact) mass is 303 g/mol. The number of hydrazone groups is 1. The standard InChI is InChI=1S/C20H21N3/c1-23-13-17(12-15-8-4-2-5-9-15)20-18(14-23)19(21-22-20)16-10-6-3-7-11-16/h2-12,18-19,21H,13-14H2,1H3.